The third-order valence-electron chi connectivity index (χ3n) is 2.31. The molecule has 0 radical (unpaired) electrons. The fourth-order valence-corrected chi connectivity index (χ4v) is 1.38. The van der Waals surface area contributed by atoms with Gasteiger partial charge in [-0.1, -0.05) is 18.2 Å². The van der Waals surface area contributed by atoms with Gasteiger partial charge in [0, 0.05) is 0 Å². The summed E-state index contributed by atoms with van der Waals surface area (Å²) in [6.45, 7) is 1.58. The van der Waals surface area contributed by atoms with Crippen LogP contribution in [-0.4, -0.2) is 33.9 Å². The average molecular weight is 247 g/mol. The lowest BCUT2D eigenvalue weighted by Crippen LogP contribution is -2.25. The maximum atomic E-state index is 11.2. The quantitative estimate of drug-likeness (QED) is 0.760. The molecule has 94 valence electrons. The topological polar surface area (TPSA) is 66.2 Å². The van der Waals surface area contributed by atoms with Crippen molar-refractivity contribution in [2.24, 2.45) is 0 Å². The Bertz CT molecular complexity index is 524. The molecule has 1 atom stereocenters. The van der Waals surface area contributed by atoms with Crippen molar-refractivity contribution in [1.82, 2.24) is 14.8 Å². The molecule has 0 fully saturated rings. The van der Waals surface area contributed by atoms with Gasteiger partial charge >= 0.3 is 12.0 Å². The molecule has 6 heteroatoms. The Labute approximate surface area is 104 Å². The number of para-hydroxylation sites is 1. The molecular formula is C12H13N3O3. The molecule has 1 heterocycles. The van der Waals surface area contributed by atoms with Crippen molar-refractivity contribution in [1.29, 1.82) is 0 Å². The van der Waals surface area contributed by atoms with Gasteiger partial charge in [0.2, 0.25) is 0 Å². The van der Waals surface area contributed by atoms with E-state index in [1.807, 2.05) is 30.3 Å². The van der Waals surface area contributed by atoms with Crippen LogP contribution in [0.3, 0.4) is 0 Å². The molecule has 2 aromatic rings. The van der Waals surface area contributed by atoms with Crippen LogP contribution in [0.1, 0.15) is 6.92 Å². The van der Waals surface area contributed by atoms with Crippen LogP contribution in [-0.2, 0) is 9.53 Å². The van der Waals surface area contributed by atoms with E-state index < -0.39 is 12.1 Å². The molecule has 6 nitrogen and oxygen atoms in total. The molecular weight excluding hydrogens is 234 g/mol. The predicted octanol–water partition coefficient (Wildman–Crippen LogP) is 1.21. The SMILES string of the molecule is COC(=O)C(C)Oc1ncn(-c2ccccc2)n1. The van der Waals surface area contributed by atoms with E-state index in [0.717, 1.165) is 5.69 Å². The van der Waals surface area contributed by atoms with E-state index in [4.69, 9.17) is 4.74 Å². The van der Waals surface area contributed by atoms with Crippen LogP contribution in [0.5, 0.6) is 6.01 Å². The monoisotopic (exact) mass is 247 g/mol. The minimum atomic E-state index is -0.735. The molecule has 1 aromatic heterocycles. The Hall–Kier alpha value is -2.37. The average Bonchev–Trinajstić information content (AvgIpc) is 2.87. The van der Waals surface area contributed by atoms with E-state index in [1.165, 1.54) is 13.4 Å². The summed E-state index contributed by atoms with van der Waals surface area (Å²) in [6, 6.07) is 9.63. The highest BCUT2D eigenvalue weighted by Gasteiger charge is 2.17. The van der Waals surface area contributed by atoms with Crippen LogP contribution in [0, 0.1) is 0 Å². The van der Waals surface area contributed by atoms with Gasteiger partial charge in [-0.05, 0) is 19.1 Å². The normalized spacial score (nSPS) is 11.9. The number of hydrogen-bond acceptors (Lipinski definition) is 5. The number of esters is 1. The van der Waals surface area contributed by atoms with Crippen molar-refractivity contribution in [3.8, 4) is 11.7 Å². The number of rotatable bonds is 4. The second kappa shape index (κ2) is 5.31. The molecule has 0 aliphatic heterocycles. The highest BCUT2D eigenvalue weighted by molar-refractivity contribution is 5.74. The summed E-state index contributed by atoms with van der Waals surface area (Å²) in [7, 11) is 1.30. The number of benzene rings is 1. The first-order chi connectivity index (χ1) is 8.70. The maximum Gasteiger partial charge on any atom is 0.346 e. The van der Waals surface area contributed by atoms with Crippen LogP contribution in [0.25, 0.3) is 5.69 Å². The van der Waals surface area contributed by atoms with Gasteiger partial charge in [0.25, 0.3) is 0 Å². The van der Waals surface area contributed by atoms with Gasteiger partial charge in [0.15, 0.2) is 6.10 Å². The Kier molecular flexibility index (Phi) is 3.57. The van der Waals surface area contributed by atoms with E-state index in [1.54, 1.807) is 11.6 Å². The Balaban J connectivity index is 2.09. The van der Waals surface area contributed by atoms with Gasteiger partial charge in [0.05, 0.1) is 12.8 Å². The molecule has 2 rings (SSSR count). The van der Waals surface area contributed by atoms with E-state index in [-0.39, 0.29) is 6.01 Å². The third kappa shape index (κ3) is 2.65. The van der Waals surface area contributed by atoms with Crippen molar-refractivity contribution in [2.45, 2.75) is 13.0 Å². The molecule has 1 aromatic carbocycles. The molecule has 0 N–H and O–H groups in total. The fourth-order valence-electron chi connectivity index (χ4n) is 1.38. The number of hydrogen-bond donors (Lipinski definition) is 0. The minimum absolute atomic E-state index is 0.136. The highest BCUT2D eigenvalue weighted by atomic mass is 16.6. The lowest BCUT2D eigenvalue weighted by molar-refractivity contribution is -0.148. The zero-order valence-electron chi connectivity index (χ0n) is 10.1. The molecule has 0 aliphatic carbocycles. The lowest BCUT2D eigenvalue weighted by atomic mass is 10.3. The summed E-state index contributed by atoms with van der Waals surface area (Å²) in [5.74, 6) is -0.467. The zero-order chi connectivity index (χ0) is 13.0. The smallest absolute Gasteiger partial charge is 0.346 e. The highest BCUT2D eigenvalue weighted by Crippen LogP contribution is 2.09. The van der Waals surface area contributed by atoms with Gasteiger partial charge in [-0.3, -0.25) is 0 Å². The molecule has 0 amide bonds. The summed E-state index contributed by atoms with van der Waals surface area (Å²) >= 11 is 0. The van der Waals surface area contributed by atoms with Crippen molar-refractivity contribution in [3.05, 3.63) is 36.7 Å². The number of ether oxygens (including phenoxy) is 2. The summed E-state index contributed by atoms with van der Waals surface area (Å²) in [5.41, 5.74) is 0.866. The van der Waals surface area contributed by atoms with Gasteiger partial charge in [-0.15, -0.1) is 5.10 Å². The maximum absolute atomic E-state index is 11.2. The number of aromatic nitrogens is 3. The second-order valence-electron chi connectivity index (χ2n) is 3.59. The third-order valence-corrected chi connectivity index (χ3v) is 2.31. The molecule has 18 heavy (non-hydrogen) atoms. The van der Waals surface area contributed by atoms with Crippen molar-refractivity contribution in [3.63, 3.8) is 0 Å². The summed E-state index contributed by atoms with van der Waals surface area (Å²) in [4.78, 5) is 15.2. The Morgan fingerprint density at radius 1 is 1.33 bits per heavy atom. The van der Waals surface area contributed by atoms with Gasteiger partial charge in [-0.25, -0.2) is 9.48 Å². The van der Waals surface area contributed by atoms with E-state index in [0.29, 0.717) is 0 Å². The fraction of sp³-hybridized carbons (Fsp3) is 0.250. The van der Waals surface area contributed by atoms with Gasteiger partial charge in [0.1, 0.15) is 6.33 Å². The summed E-state index contributed by atoms with van der Waals surface area (Å²) in [5, 5.41) is 4.11. The van der Waals surface area contributed by atoms with Crippen molar-refractivity contribution in [2.75, 3.05) is 7.11 Å². The Morgan fingerprint density at radius 2 is 2.06 bits per heavy atom. The summed E-state index contributed by atoms with van der Waals surface area (Å²) < 4.78 is 11.4. The minimum Gasteiger partial charge on any atom is -0.466 e. The number of carbonyl (C=O) groups is 1. The lowest BCUT2D eigenvalue weighted by Gasteiger charge is -2.08. The molecule has 0 spiro atoms. The van der Waals surface area contributed by atoms with Gasteiger partial charge in [-0.2, -0.15) is 4.98 Å². The van der Waals surface area contributed by atoms with E-state index in [2.05, 4.69) is 14.8 Å². The first-order valence-corrected chi connectivity index (χ1v) is 5.42. The van der Waals surface area contributed by atoms with Crippen LogP contribution < -0.4 is 4.74 Å². The first kappa shape index (κ1) is 12.1. The van der Waals surface area contributed by atoms with Crippen LogP contribution in [0.4, 0.5) is 0 Å². The predicted molar refractivity (Wildman–Crippen MR) is 63.5 cm³/mol. The molecule has 1 unspecified atom stereocenters. The zero-order valence-corrected chi connectivity index (χ0v) is 10.1. The molecule has 0 aliphatic rings. The first-order valence-electron chi connectivity index (χ1n) is 5.42. The van der Waals surface area contributed by atoms with Gasteiger partial charge < -0.3 is 9.47 Å². The summed E-state index contributed by atoms with van der Waals surface area (Å²) in [6.07, 6.45) is 0.788. The molecule has 0 bridgehead atoms. The molecule has 0 saturated carbocycles. The van der Waals surface area contributed by atoms with Crippen LogP contribution in [0.2, 0.25) is 0 Å². The second-order valence-corrected chi connectivity index (χ2v) is 3.59. The number of nitrogens with zero attached hydrogens (tertiary/aromatic N) is 3. The van der Waals surface area contributed by atoms with Crippen LogP contribution in [0.15, 0.2) is 36.7 Å². The standard InChI is InChI=1S/C12H13N3O3/c1-9(11(16)17-2)18-12-13-8-15(14-12)10-6-4-3-5-7-10/h3-9H,1-2H3. The molecule has 0 saturated heterocycles. The number of carbonyl (C=O) groups excluding carboxylic acids is 1. The van der Waals surface area contributed by atoms with Crippen molar-refractivity contribution < 1.29 is 14.3 Å². The number of methoxy groups -OCH3 is 1. The van der Waals surface area contributed by atoms with Crippen molar-refractivity contribution >= 4 is 5.97 Å². The van der Waals surface area contributed by atoms with E-state index in [9.17, 15) is 4.79 Å². The Morgan fingerprint density at radius 3 is 2.72 bits per heavy atom. The van der Waals surface area contributed by atoms with E-state index >= 15 is 0 Å². The van der Waals surface area contributed by atoms with Crippen LogP contribution >= 0.6 is 0 Å². The largest absolute Gasteiger partial charge is 0.466 e.